The molecular weight excluding hydrogens is 776 g/mol. The Labute approximate surface area is 335 Å². The number of nitrogens with one attached hydrogen (secondary N) is 2. The van der Waals surface area contributed by atoms with E-state index < -0.39 is 41.6 Å². The number of benzene rings is 1. The maximum absolute atomic E-state index is 16.1. The molecule has 2 aliphatic heterocycles. The highest BCUT2D eigenvalue weighted by Gasteiger charge is 2.37. The second-order valence-electron chi connectivity index (χ2n) is 15.7. The summed E-state index contributed by atoms with van der Waals surface area (Å²) < 4.78 is 65.7. The number of pyridine rings is 1. The van der Waals surface area contributed by atoms with Crippen molar-refractivity contribution in [1.82, 2.24) is 38.7 Å². The fraction of sp³-hybridized carbons (Fsp3) is 0.475. The summed E-state index contributed by atoms with van der Waals surface area (Å²) in [4.78, 5) is 66.6. The van der Waals surface area contributed by atoms with Crippen LogP contribution in [0.15, 0.2) is 53.8 Å². The zero-order valence-corrected chi connectivity index (χ0v) is 32.7. The third-order valence-electron chi connectivity index (χ3n) is 12.0. The first-order valence-corrected chi connectivity index (χ1v) is 19.6. The number of ether oxygens (including phenoxy) is 1. The van der Waals surface area contributed by atoms with E-state index in [0.29, 0.717) is 41.8 Å². The Kier molecular flexibility index (Phi) is 10.6. The van der Waals surface area contributed by atoms with Gasteiger partial charge in [0.25, 0.3) is 5.91 Å². The molecule has 19 heteroatoms. The number of para-hydroxylation sites is 1. The molecule has 1 aromatic carbocycles. The summed E-state index contributed by atoms with van der Waals surface area (Å²) in [6.07, 6.45) is 3.70. The molecule has 2 saturated heterocycles. The van der Waals surface area contributed by atoms with E-state index in [0.717, 1.165) is 49.8 Å². The van der Waals surface area contributed by atoms with Gasteiger partial charge in [0.1, 0.15) is 35.0 Å². The lowest BCUT2D eigenvalue weighted by molar-refractivity contribution is -0.141. The molecule has 1 aliphatic carbocycles. The summed E-state index contributed by atoms with van der Waals surface area (Å²) in [5.41, 5.74) is 1.48. The van der Waals surface area contributed by atoms with Crippen molar-refractivity contribution in [3.05, 3.63) is 76.6 Å². The molecule has 59 heavy (non-hydrogen) atoms. The summed E-state index contributed by atoms with van der Waals surface area (Å²) in [7, 11) is 5.04. The van der Waals surface area contributed by atoms with Crippen LogP contribution in [0.25, 0.3) is 16.7 Å². The fourth-order valence-corrected chi connectivity index (χ4v) is 8.99. The highest BCUT2D eigenvalue weighted by atomic mass is 19.4. The van der Waals surface area contributed by atoms with Gasteiger partial charge < -0.3 is 24.3 Å². The van der Waals surface area contributed by atoms with Gasteiger partial charge in [0.05, 0.1) is 48.5 Å². The van der Waals surface area contributed by atoms with Crippen molar-refractivity contribution >= 4 is 45.8 Å². The number of imide groups is 1. The van der Waals surface area contributed by atoms with Crippen molar-refractivity contribution < 1.29 is 36.7 Å². The van der Waals surface area contributed by atoms with Crippen molar-refractivity contribution in [3.8, 4) is 5.75 Å². The molecule has 4 aromatic heterocycles. The van der Waals surface area contributed by atoms with Crippen molar-refractivity contribution in [2.75, 3.05) is 44.0 Å². The molecule has 3 fully saturated rings. The van der Waals surface area contributed by atoms with Gasteiger partial charge >= 0.3 is 11.9 Å². The van der Waals surface area contributed by atoms with Gasteiger partial charge in [-0.1, -0.05) is 6.07 Å². The van der Waals surface area contributed by atoms with Crippen LogP contribution in [-0.4, -0.2) is 97.1 Å². The molecule has 1 saturated carbocycles. The Morgan fingerprint density at radius 1 is 1.05 bits per heavy atom. The number of alkyl halides is 4. The average molecular weight is 821 g/mol. The lowest BCUT2D eigenvalue weighted by Gasteiger charge is -2.42. The van der Waals surface area contributed by atoms with E-state index >= 15 is 4.39 Å². The predicted octanol–water partition coefficient (Wildman–Crippen LogP) is 4.86. The van der Waals surface area contributed by atoms with Crippen LogP contribution in [0.2, 0.25) is 0 Å². The minimum absolute atomic E-state index is 0.144. The third kappa shape index (κ3) is 7.74. The maximum Gasteiger partial charge on any atom is 0.434 e. The number of halogens is 4. The van der Waals surface area contributed by atoms with Gasteiger partial charge in [0.2, 0.25) is 11.8 Å². The van der Waals surface area contributed by atoms with Crippen LogP contribution in [0, 0.1) is 5.92 Å². The van der Waals surface area contributed by atoms with E-state index in [1.165, 1.54) is 16.2 Å². The van der Waals surface area contributed by atoms with E-state index in [4.69, 9.17) is 9.72 Å². The van der Waals surface area contributed by atoms with Crippen LogP contribution in [0.3, 0.4) is 0 Å². The molecule has 5 aromatic rings. The Bertz CT molecular complexity index is 2490. The Morgan fingerprint density at radius 3 is 2.54 bits per heavy atom. The number of nitrogens with zero attached hydrogens (tertiary/aromatic N) is 8. The van der Waals surface area contributed by atoms with Gasteiger partial charge in [-0.05, 0) is 63.6 Å². The summed E-state index contributed by atoms with van der Waals surface area (Å²) >= 11 is 0. The van der Waals surface area contributed by atoms with E-state index in [-0.39, 0.29) is 54.4 Å². The number of aryl methyl sites for hydroxylation is 1. The predicted molar refractivity (Wildman–Crippen MR) is 208 cm³/mol. The number of amides is 3. The lowest BCUT2D eigenvalue weighted by Crippen LogP contribution is -2.52. The quantitative estimate of drug-likeness (QED) is 0.155. The lowest BCUT2D eigenvalue weighted by atomic mass is 9.80. The van der Waals surface area contributed by atoms with Crippen LogP contribution in [0.1, 0.15) is 78.8 Å². The third-order valence-corrected chi connectivity index (χ3v) is 12.0. The Hall–Kier alpha value is -5.85. The zero-order chi connectivity index (χ0) is 41.7. The Morgan fingerprint density at radius 2 is 1.83 bits per heavy atom. The van der Waals surface area contributed by atoms with E-state index in [1.54, 1.807) is 29.8 Å². The van der Waals surface area contributed by atoms with E-state index in [2.05, 4.69) is 25.5 Å². The summed E-state index contributed by atoms with van der Waals surface area (Å²) in [5, 5.41) is 4.91. The van der Waals surface area contributed by atoms with Gasteiger partial charge in [0.15, 0.2) is 5.69 Å². The van der Waals surface area contributed by atoms with Crippen LogP contribution in [0.5, 0.6) is 5.75 Å². The highest BCUT2D eigenvalue weighted by Crippen LogP contribution is 2.38. The number of imidazole rings is 2. The van der Waals surface area contributed by atoms with Crippen LogP contribution in [0.4, 0.5) is 28.9 Å². The molecule has 6 heterocycles. The van der Waals surface area contributed by atoms with Crippen molar-refractivity contribution in [1.29, 1.82) is 0 Å². The zero-order valence-electron chi connectivity index (χ0n) is 32.7. The topological polar surface area (TPSA) is 161 Å². The highest BCUT2D eigenvalue weighted by molar-refractivity contribution is 6.03. The van der Waals surface area contributed by atoms with Crippen LogP contribution >= 0.6 is 0 Å². The van der Waals surface area contributed by atoms with Gasteiger partial charge in [-0.3, -0.25) is 33.8 Å². The first-order valence-electron chi connectivity index (χ1n) is 19.6. The van der Waals surface area contributed by atoms with Crippen molar-refractivity contribution in [2.45, 2.75) is 75.3 Å². The number of rotatable bonds is 9. The molecule has 3 aliphatic rings. The van der Waals surface area contributed by atoms with E-state index in [9.17, 15) is 32.3 Å². The Balaban J connectivity index is 0.881. The maximum atomic E-state index is 16.1. The molecule has 1 unspecified atom stereocenters. The summed E-state index contributed by atoms with van der Waals surface area (Å²) in [5.74, 6) is -0.909. The molecule has 3 atom stereocenters. The minimum atomic E-state index is -4.75. The van der Waals surface area contributed by atoms with E-state index in [1.807, 2.05) is 30.3 Å². The number of piperidine rings is 2. The number of methoxy groups -OCH3 is 1. The smallest absolute Gasteiger partial charge is 0.434 e. The standard InChI is InChI=1S/C40H44F4N10O5/c1-50(28-13-14-52(19-24(28)41)29-5-4-6-30-36(29)51(2)39(58)54(30)31-11-12-35(55)49-38(31)57)18-22-7-9-23(10-8-22)26-20-53-21-27(32(59-3)15-34(53)47-26)48-37(56)25-16-45-17-33(46-25)40(42,43)44/h4-6,15-17,20-24,28,31H,7-14,18-19H2,1-3H3,(H,48,56)(H,49,55,57)/t22?,23?,24-,28-,31?/m1/s1. The van der Waals surface area contributed by atoms with Gasteiger partial charge in [-0.15, -0.1) is 0 Å². The monoisotopic (exact) mass is 820 g/mol. The number of hydrogen-bond donors (Lipinski definition) is 2. The van der Waals surface area contributed by atoms with Gasteiger partial charge in [-0.2, -0.15) is 13.2 Å². The minimum Gasteiger partial charge on any atom is -0.494 e. The number of aromatic nitrogens is 6. The second kappa shape index (κ2) is 15.7. The molecule has 3 amide bonds. The molecule has 15 nitrogen and oxygen atoms in total. The average Bonchev–Trinajstić information content (AvgIpc) is 3.74. The number of fused-ring (bicyclic) bond motifs is 2. The normalized spacial score (nSPS) is 22.9. The molecule has 2 N–H and O–H groups in total. The number of hydrogen-bond acceptors (Lipinski definition) is 10. The molecule has 0 bridgehead atoms. The summed E-state index contributed by atoms with van der Waals surface area (Å²) in [6, 6.07) is 6.04. The van der Waals surface area contributed by atoms with Crippen molar-refractivity contribution in [2.24, 2.45) is 13.0 Å². The molecule has 312 valence electrons. The fourth-order valence-electron chi connectivity index (χ4n) is 8.99. The van der Waals surface area contributed by atoms with Gasteiger partial charge in [-0.25, -0.2) is 19.2 Å². The SMILES string of the molecule is COc1cc2nc(C3CCC(CN(C)[C@@H]4CCN(c5cccc6c5n(C)c(=O)n6C5CCC(=O)NC5=O)C[C@H]4F)CC3)cn2cc1NC(=O)c1cncc(C(F)(F)F)n1. The number of carbonyl (C=O) groups excluding carboxylic acids is 3. The van der Waals surface area contributed by atoms with Gasteiger partial charge in [0, 0.05) is 57.0 Å². The van der Waals surface area contributed by atoms with Crippen molar-refractivity contribution in [3.63, 3.8) is 0 Å². The molecule has 0 radical (unpaired) electrons. The number of carbonyl (C=O) groups is 3. The number of anilines is 2. The largest absolute Gasteiger partial charge is 0.494 e. The second-order valence-corrected chi connectivity index (χ2v) is 15.7. The van der Waals surface area contributed by atoms with Crippen LogP contribution < -0.4 is 26.0 Å². The first kappa shape index (κ1) is 40.0. The molecule has 0 spiro atoms. The van der Waals surface area contributed by atoms with Crippen LogP contribution in [-0.2, 0) is 22.8 Å². The molecule has 8 rings (SSSR count). The molecular formula is C40H44F4N10O5. The summed E-state index contributed by atoms with van der Waals surface area (Å²) in [6.45, 7) is 1.49. The first-order chi connectivity index (χ1) is 28.2.